The second-order valence-corrected chi connectivity index (χ2v) is 5.95. The van der Waals surface area contributed by atoms with Crippen LogP contribution in [0.3, 0.4) is 0 Å². The molecule has 0 saturated carbocycles. The lowest BCUT2D eigenvalue weighted by molar-refractivity contribution is -0.123. The number of hydrogen-bond donors (Lipinski definition) is 1. The molecular formula is C16H19FN4O2. The summed E-state index contributed by atoms with van der Waals surface area (Å²) in [6.45, 7) is 3.86. The summed E-state index contributed by atoms with van der Waals surface area (Å²) in [5.74, 6) is 0.0413. The van der Waals surface area contributed by atoms with E-state index in [9.17, 15) is 9.18 Å². The van der Waals surface area contributed by atoms with Crippen LogP contribution in [0.15, 0.2) is 22.7 Å². The van der Waals surface area contributed by atoms with Crippen molar-refractivity contribution in [2.75, 3.05) is 13.1 Å². The van der Waals surface area contributed by atoms with Crippen LogP contribution in [0, 0.1) is 18.7 Å². The minimum atomic E-state index is -0.373. The summed E-state index contributed by atoms with van der Waals surface area (Å²) in [4.78, 5) is 17.6. The van der Waals surface area contributed by atoms with Crippen LogP contribution in [-0.2, 0) is 11.3 Å². The van der Waals surface area contributed by atoms with Crippen molar-refractivity contribution in [2.45, 2.75) is 26.3 Å². The Labute approximate surface area is 133 Å². The predicted octanol–water partition coefficient (Wildman–Crippen LogP) is 1.88. The number of primary amides is 1. The number of rotatable bonds is 4. The molecule has 1 aliphatic heterocycles. The summed E-state index contributed by atoms with van der Waals surface area (Å²) in [5.41, 5.74) is 6.47. The van der Waals surface area contributed by atoms with Crippen molar-refractivity contribution in [1.82, 2.24) is 15.0 Å². The van der Waals surface area contributed by atoms with E-state index in [2.05, 4.69) is 15.0 Å². The molecule has 2 heterocycles. The molecule has 1 fully saturated rings. The molecule has 0 bridgehead atoms. The van der Waals surface area contributed by atoms with E-state index >= 15 is 0 Å². The number of nitrogens with zero attached hydrogens (tertiary/aromatic N) is 3. The summed E-state index contributed by atoms with van der Waals surface area (Å²) in [7, 11) is 0. The van der Waals surface area contributed by atoms with E-state index in [1.54, 1.807) is 12.1 Å². The van der Waals surface area contributed by atoms with Crippen LogP contribution >= 0.6 is 0 Å². The van der Waals surface area contributed by atoms with Crippen LogP contribution in [0.5, 0.6) is 0 Å². The average Bonchev–Trinajstić information content (AvgIpc) is 2.96. The Kier molecular flexibility index (Phi) is 4.38. The van der Waals surface area contributed by atoms with Gasteiger partial charge in [-0.1, -0.05) is 11.2 Å². The van der Waals surface area contributed by atoms with E-state index in [0.717, 1.165) is 31.5 Å². The first-order valence-electron chi connectivity index (χ1n) is 7.63. The largest absolute Gasteiger partial charge is 0.369 e. The van der Waals surface area contributed by atoms with Gasteiger partial charge in [0.2, 0.25) is 5.91 Å². The maximum absolute atomic E-state index is 13.9. The summed E-state index contributed by atoms with van der Waals surface area (Å²) in [6.07, 6.45) is 1.49. The van der Waals surface area contributed by atoms with Gasteiger partial charge in [0.05, 0.1) is 12.1 Å². The molecule has 2 aromatic rings. The van der Waals surface area contributed by atoms with Gasteiger partial charge < -0.3 is 10.3 Å². The molecule has 7 heteroatoms. The number of carbonyl (C=O) groups is 1. The molecular weight excluding hydrogens is 299 g/mol. The smallest absolute Gasteiger partial charge is 0.260 e. The fourth-order valence-corrected chi connectivity index (χ4v) is 2.80. The zero-order valence-electron chi connectivity index (χ0n) is 13.0. The van der Waals surface area contributed by atoms with Crippen molar-refractivity contribution in [2.24, 2.45) is 11.7 Å². The molecule has 0 aliphatic carbocycles. The molecule has 0 unspecified atom stereocenters. The molecule has 2 N–H and O–H groups in total. The number of carbonyl (C=O) groups excluding carboxylic acids is 1. The Hall–Kier alpha value is -2.28. The number of amides is 1. The zero-order chi connectivity index (χ0) is 16.4. The number of nitrogens with two attached hydrogens (primary N) is 1. The van der Waals surface area contributed by atoms with Crippen LogP contribution in [0.25, 0.3) is 11.5 Å². The van der Waals surface area contributed by atoms with Gasteiger partial charge >= 0.3 is 0 Å². The monoisotopic (exact) mass is 318 g/mol. The highest BCUT2D eigenvalue weighted by Crippen LogP contribution is 2.23. The van der Waals surface area contributed by atoms with E-state index in [0.29, 0.717) is 17.9 Å². The zero-order valence-corrected chi connectivity index (χ0v) is 13.0. The first kappa shape index (κ1) is 15.6. The maximum Gasteiger partial charge on any atom is 0.260 e. The van der Waals surface area contributed by atoms with Crippen molar-refractivity contribution in [3.63, 3.8) is 0 Å². The third-order valence-corrected chi connectivity index (χ3v) is 4.18. The molecule has 1 aromatic carbocycles. The van der Waals surface area contributed by atoms with Crippen molar-refractivity contribution in [3.8, 4) is 11.5 Å². The Bertz CT molecular complexity index is 708. The van der Waals surface area contributed by atoms with Gasteiger partial charge in [-0.05, 0) is 50.6 Å². The topological polar surface area (TPSA) is 85.3 Å². The van der Waals surface area contributed by atoms with Gasteiger partial charge in [-0.25, -0.2) is 4.39 Å². The Morgan fingerprint density at radius 3 is 2.83 bits per heavy atom. The highest BCUT2D eigenvalue weighted by molar-refractivity contribution is 5.76. The number of hydrogen-bond acceptors (Lipinski definition) is 5. The van der Waals surface area contributed by atoms with Gasteiger partial charge in [0, 0.05) is 5.92 Å². The molecule has 1 amide bonds. The summed E-state index contributed by atoms with van der Waals surface area (Å²) in [6, 6.07) is 4.88. The summed E-state index contributed by atoms with van der Waals surface area (Å²) >= 11 is 0. The van der Waals surface area contributed by atoms with Crippen molar-refractivity contribution < 1.29 is 13.7 Å². The van der Waals surface area contributed by atoms with Gasteiger partial charge in [-0.2, -0.15) is 4.98 Å². The third kappa shape index (κ3) is 3.56. The minimum absolute atomic E-state index is 0.0475. The van der Waals surface area contributed by atoms with Crippen LogP contribution in [0.2, 0.25) is 0 Å². The predicted molar refractivity (Wildman–Crippen MR) is 81.6 cm³/mol. The molecule has 1 aliphatic rings. The van der Waals surface area contributed by atoms with Crippen molar-refractivity contribution in [1.29, 1.82) is 0 Å². The van der Waals surface area contributed by atoms with Crippen molar-refractivity contribution in [3.05, 3.63) is 35.4 Å². The second-order valence-electron chi connectivity index (χ2n) is 5.95. The highest BCUT2D eigenvalue weighted by Gasteiger charge is 2.24. The summed E-state index contributed by atoms with van der Waals surface area (Å²) < 4.78 is 19.1. The number of benzene rings is 1. The molecule has 23 heavy (non-hydrogen) atoms. The van der Waals surface area contributed by atoms with E-state index in [1.165, 1.54) is 6.07 Å². The quantitative estimate of drug-likeness (QED) is 0.930. The van der Waals surface area contributed by atoms with Crippen LogP contribution in [0.4, 0.5) is 4.39 Å². The van der Waals surface area contributed by atoms with Gasteiger partial charge in [0.1, 0.15) is 5.82 Å². The maximum atomic E-state index is 13.9. The molecule has 6 nitrogen and oxygen atoms in total. The minimum Gasteiger partial charge on any atom is -0.369 e. The van der Waals surface area contributed by atoms with Crippen LogP contribution in [0.1, 0.15) is 24.2 Å². The van der Waals surface area contributed by atoms with Gasteiger partial charge in [-0.3, -0.25) is 9.69 Å². The second kappa shape index (κ2) is 6.45. The standard InChI is InChI=1S/C16H19FN4O2/c1-10-2-3-12(13(17)8-10)16-19-14(20-23-16)9-21-6-4-11(5-7-21)15(18)22/h2-3,8,11H,4-7,9H2,1H3,(H2,18,22). The first-order valence-corrected chi connectivity index (χ1v) is 7.63. The normalized spacial score (nSPS) is 16.6. The van der Waals surface area contributed by atoms with E-state index in [4.69, 9.17) is 10.3 Å². The number of halogens is 1. The number of likely N-dealkylation sites (tertiary alicyclic amines) is 1. The number of aromatic nitrogens is 2. The molecule has 3 rings (SSSR count). The Morgan fingerprint density at radius 1 is 1.43 bits per heavy atom. The fourth-order valence-electron chi connectivity index (χ4n) is 2.80. The van der Waals surface area contributed by atoms with Crippen LogP contribution < -0.4 is 5.73 Å². The SMILES string of the molecule is Cc1ccc(-c2nc(CN3CCC(C(N)=O)CC3)no2)c(F)c1. The van der Waals surface area contributed by atoms with Crippen molar-refractivity contribution >= 4 is 5.91 Å². The lowest BCUT2D eigenvalue weighted by atomic mass is 9.96. The van der Waals surface area contributed by atoms with E-state index < -0.39 is 0 Å². The van der Waals surface area contributed by atoms with E-state index in [1.807, 2.05) is 6.92 Å². The lowest BCUT2D eigenvalue weighted by Crippen LogP contribution is -2.38. The van der Waals surface area contributed by atoms with Gasteiger partial charge in [0.25, 0.3) is 5.89 Å². The fraction of sp³-hybridized carbons (Fsp3) is 0.438. The molecule has 0 spiro atoms. The first-order chi connectivity index (χ1) is 11.0. The molecule has 1 aromatic heterocycles. The Balaban J connectivity index is 1.65. The van der Waals surface area contributed by atoms with Crippen LogP contribution in [-0.4, -0.2) is 34.0 Å². The lowest BCUT2D eigenvalue weighted by Gasteiger charge is -2.29. The Morgan fingerprint density at radius 2 is 2.17 bits per heavy atom. The van der Waals surface area contributed by atoms with Gasteiger partial charge in [-0.15, -0.1) is 0 Å². The number of piperidine rings is 1. The summed E-state index contributed by atoms with van der Waals surface area (Å²) in [5, 5.41) is 3.92. The highest BCUT2D eigenvalue weighted by atomic mass is 19.1. The number of aryl methyl sites for hydroxylation is 1. The molecule has 0 atom stereocenters. The van der Waals surface area contributed by atoms with E-state index in [-0.39, 0.29) is 23.5 Å². The third-order valence-electron chi connectivity index (χ3n) is 4.18. The average molecular weight is 318 g/mol. The van der Waals surface area contributed by atoms with Gasteiger partial charge in [0.15, 0.2) is 5.82 Å². The molecule has 0 radical (unpaired) electrons. The molecule has 122 valence electrons. The molecule has 1 saturated heterocycles.